The molecule has 0 saturated carbocycles. The van der Waals surface area contributed by atoms with Crippen LogP contribution in [0.1, 0.15) is 63.8 Å². The van der Waals surface area contributed by atoms with Gasteiger partial charge in [0.05, 0.1) is 39.6 Å². The zero-order valence-electron chi connectivity index (χ0n) is 41.9. The van der Waals surface area contributed by atoms with Crippen LogP contribution < -0.4 is 4.90 Å². The summed E-state index contributed by atoms with van der Waals surface area (Å²) < 4.78 is 93.0. The zero-order valence-corrected chi connectivity index (χ0v) is 42.8. The third-order valence-electron chi connectivity index (χ3n) is 14.1. The van der Waals surface area contributed by atoms with Crippen LogP contribution >= 0.6 is 11.7 Å². The van der Waals surface area contributed by atoms with E-state index in [1.165, 1.54) is 47.1 Å². The highest BCUT2D eigenvalue weighted by Gasteiger charge is 2.31. The van der Waals surface area contributed by atoms with E-state index in [0.717, 1.165) is 102 Å². The second-order valence-electron chi connectivity index (χ2n) is 21.1. The minimum atomic E-state index is -4.47. The number of benzene rings is 9. The van der Waals surface area contributed by atoms with Crippen LogP contribution in [0.4, 0.5) is 43.4 Å². The molecule has 2 aromatic heterocycles. The molecule has 0 aliphatic carbocycles. The van der Waals surface area contributed by atoms with E-state index >= 15 is 0 Å². The molecule has 9 aromatic carbocycles. The molecule has 374 valence electrons. The number of halogens is 6. The monoisotopic (exact) mass is 1020 g/mol. The van der Waals surface area contributed by atoms with Gasteiger partial charge in [-0.25, -0.2) is 0 Å². The van der Waals surface area contributed by atoms with Crippen molar-refractivity contribution in [3.63, 3.8) is 0 Å². The van der Waals surface area contributed by atoms with Crippen molar-refractivity contribution in [1.82, 2.24) is 13.3 Å². The van der Waals surface area contributed by atoms with E-state index in [-0.39, 0.29) is 10.8 Å². The lowest BCUT2D eigenvalue weighted by Crippen LogP contribution is -2.13. The van der Waals surface area contributed by atoms with E-state index in [1.54, 1.807) is 0 Å². The summed E-state index contributed by atoms with van der Waals surface area (Å²) in [6.45, 7) is 13.3. The fourth-order valence-corrected chi connectivity index (χ4v) is 10.5. The Bertz CT molecular complexity index is 3760. The maximum Gasteiger partial charge on any atom is 0.416 e. The number of anilines is 3. The van der Waals surface area contributed by atoms with Gasteiger partial charge in [-0.05, 0) is 158 Å². The SMILES string of the molecule is CC(C)(C)c1ccc(-c2ccc(N(c3ccc(C(C)(C)C)cc3)c3ccc(-c4ccc(-n5c6ccc(-c7ccc(C(F)(F)F)cc7)cc6c6cc(-c7ccc(C(F)(F)F)cc7)ccc65)cc4)c4nsnc34)cc2)cc1. The highest BCUT2D eigenvalue weighted by Crippen LogP contribution is 2.44. The quantitative estimate of drug-likeness (QED) is 0.142. The van der Waals surface area contributed by atoms with Gasteiger partial charge in [-0.3, -0.25) is 0 Å². The molecule has 0 N–H and O–H groups in total. The van der Waals surface area contributed by atoms with Gasteiger partial charge >= 0.3 is 12.4 Å². The van der Waals surface area contributed by atoms with Crippen LogP contribution in [-0.2, 0) is 23.2 Å². The third kappa shape index (κ3) is 9.46. The number of nitrogens with zero attached hydrogens (tertiary/aromatic N) is 4. The van der Waals surface area contributed by atoms with Crippen molar-refractivity contribution >= 4 is 61.6 Å². The first-order valence-electron chi connectivity index (χ1n) is 24.6. The Morgan fingerprint density at radius 3 is 1.17 bits per heavy atom. The van der Waals surface area contributed by atoms with E-state index in [2.05, 4.69) is 148 Å². The first kappa shape index (κ1) is 49.2. The Kier molecular flexibility index (Phi) is 12.1. The van der Waals surface area contributed by atoms with Crippen molar-refractivity contribution < 1.29 is 26.3 Å². The fourth-order valence-electron chi connectivity index (χ4n) is 9.92. The molecular formula is C64H50F6N4S. The lowest BCUT2D eigenvalue weighted by atomic mass is 9.86. The molecule has 0 saturated heterocycles. The third-order valence-corrected chi connectivity index (χ3v) is 14.7. The van der Waals surface area contributed by atoms with Gasteiger partial charge in [-0.2, -0.15) is 35.1 Å². The summed E-state index contributed by atoms with van der Waals surface area (Å²) in [5.41, 5.74) is 14.8. The largest absolute Gasteiger partial charge is 0.416 e. The molecule has 0 aliphatic heterocycles. The van der Waals surface area contributed by atoms with Gasteiger partial charge in [0.1, 0.15) is 11.0 Å². The molecule has 2 heterocycles. The average molecular weight is 1020 g/mol. The van der Waals surface area contributed by atoms with Gasteiger partial charge in [0.25, 0.3) is 0 Å². The second-order valence-corrected chi connectivity index (χ2v) is 21.6. The Labute approximate surface area is 435 Å². The molecule has 0 unspecified atom stereocenters. The van der Waals surface area contributed by atoms with E-state index in [4.69, 9.17) is 8.75 Å². The van der Waals surface area contributed by atoms with Crippen molar-refractivity contribution in [2.75, 3.05) is 4.90 Å². The topological polar surface area (TPSA) is 34.0 Å². The van der Waals surface area contributed by atoms with Crippen molar-refractivity contribution in [3.8, 4) is 50.2 Å². The minimum Gasteiger partial charge on any atom is -0.309 e. The smallest absolute Gasteiger partial charge is 0.309 e. The summed E-state index contributed by atoms with van der Waals surface area (Å²) in [5, 5.41) is 1.65. The van der Waals surface area contributed by atoms with Gasteiger partial charge in [0.15, 0.2) is 0 Å². The van der Waals surface area contributed by atoms with Gasteiger partial charge in [0.2, 0.25) is 0 Å². The molecule has 75 heavy (non-hydrogen) atoms. The molecular weight excluding hydrogens is 971 g/mol. The lowest BCUT2D eigenvalue weighted by molar-refractivity contribution is -0.138. The van der Waals surface area contributed by atoms with Gasteiger partial charge < -0.3 is 9.47 Å². The van der Waals surface area contributed by atoms with Crippen LogP contribution in [0.5, 0.6) is 0 Å². The van der Waals surface area contributed by atoms with Gasteiger partial charge in [-0.15, -0.1) is 0 Å². The molecule has 4 nitrogen and oxygen atoms in total. The summed E-state index contributed by atoms with van der Waals surface area (Å²) in [5.74, 6) is 0. The summed E-state index contributed by atoms with van der Waals surface area (Å²) in [6.07, 6.45) is -8.94. The molecule has 0 aliphatic rings. The van der Waals surface area contributed by atoms with E-state index < -0.39 is 23.5 Å². The molecule has 11 rings (SSSR count). The first-order chi connectivity index (χ1) is 35.7. The number of alkyl halides is 6. The normalized spacial score (nSPS) is 12.5. The van der Waals surface area contributed by atoms with Crippen molar-refractivity contribution in [1.29, 1.82) is 0 Å². The predicted octanol–water partition coefficient (Wildman–Crippen LogP) is 19.6. The number of hydrogen-bond donors (Lipinski definition) is 0. The van der Waals surface area contributed by atoms with Crippen LogP contribution in [0.15, 0.2) is 194 Å². The Morgan fingerprint density at radius 2 is 0.733 bits per heavy atom. The average Bonchev–Trinajstić information content (AvgIpc) is 4.02. The number of rotatable bonds is 8. The van der Waals surface area contributed by atoms with E-state index in [1.807, 2.05) is 48.5 Å². The molecule has 0 fully saturated rings. The van der Waals surface area contributed by atoms with Crippen LogP contribution in [0.25, 0.3) is 83.0 Å². The molecule has 0 spiro atoms. The van der Waals surface area contributed by atoms with Crippen LogP contribution in [0, 0.1) is 0 Å². The maximum atomic E-state index is 13.5. The summed E-state index contributed by atoms with van der Waals surface area (Å²) >= 11 is 1.17. The van der Waals surface area contributed by atoms with E-state index in [9.17, 15) is 26.3 Å². The highest BCUT2D eigenvalue weighted by molar-refractivity contribution is 7.00. The Hall–Kier alpha value is -8.02. The van der Waals surface area contributed by atoms with Crippen LogP contribution in [-0.4, -0.2) is 13.3 Å². The first-order valence-corrected chi connectivity index (χ1v) is 25.3. The number of fused-ring (bicyclic) bond motifs is 4. The molecule has 11 heteroatoms. The highest BCUT2D eigenvalue weighted by atomic mass is 32.1. The molecule has 0 amide bonds. The lowest BCUT2D eigenvalue weighted by Gasteiger charge is -2.27. The fraction of sp³-hybridized carbons (Fsp3) is 0.156. The van der Waals surface area contributed by atoms with Crippen molar-refractivity contribution in [2.45, 2.75) is 64.7 Å². The van der Waals surface area contributed by atoms with E-state index in [0.29, 0.717) is 22.3 Å². The zero-order chi connectivity index (χ0) is 52.6. The number of aromatic nitrogens is 3. The predicted molar refractivity (Wildman–Crippen MR) is 296 cm³/mol. The van der Waals surface area contributed by atoms with Gasteiger partial charge in [0, 0.05) is 33.4 Å². The van der Waals surface area contributed by atoms with Crippen LogP contribution in [0.2, 0.25) is 0 Å². The summed E-state index contributed by atoms with van der Waals surface area (Å²) in [6, 6.07) is 60.3. The van der Waals surface area contributed by atoms with Crippen molar-refractivity contribution in [3.05, 3.63) is 216 Å². The Morgan fingerprint density at radius 1 is 0.373 bits per heavy atom. The second kappa shape index (κ2) is 18.4. The maximum absolute atomic E-state index is 13.5. The van der Waals surface area contributed by atoms with Gasteiger partial charge in [-0.1, -0.05) is 139 Å². The Balaban J connectivity index is 0.978. The summed E-state index contributed by atoms with van der Waals surface area (Å²) in [4.78, 5) is 2.24. The molecule has 0 atom stereocenters. The van der Waals surface area contributed by atoms with Crippen LogP contribution in [0.3, 0.4) is 0 Å². The molecule has 0 radical (unpaired) electrons. The number of hydrogen-bond acceptors (Lipinski definition) is 4. The minimum absolute atomic E-state index is 0.0257. The van der Waals surface area contributed by atoms with Crippen molar-refractivity contribution in [2.24, 2.45) is 0 Å². The molecule has 0 bridgehead atoms. The molecule has 11 aromatic rings. The standard InChI is InChI=1S/C64H50F6N4S/c1-61(2,3)46-19-7-39(8-20-46)40-13-27-50(28-14-40)73(51-31-25-47(26-32-51)62(4,5)6)58-36-33-53(59-60(58)72-75-71-59)43-15-29-52(30-16-43)74-56-34-17-44(41-9-21-48(22-10-41)63(65,66)67)37-54(56)55-38-45(18-35-57(55)74)42-11-23-49(24-12-42)64(68,69)70/h7-38H,1-6H3. The summed E-state index contributed by atoms with van der Waals surface area (Å²) in [7, 11) is 0.